The number of fused-ring (bicyclic) bond motifs is 1. The molecule has 10 heteroatoms. The van der Waals surface area contributed by atoms with Gasteiger partial charge in [-0.25, -0.2) is 9.78 Å². The molecular formula is C24H21ClN4O4S. The Hall–Kier alpha value is -3.56. The van der Waals surface area contributed by atoms with E-state index >= 15 is 0 Å². The molecule has 0 unspecified atom stereocenters. The second-order valence-corrected chi connectivity index (χ2v) is 9.41. The molecule has 0 aliphatic rings. The van der Waals surface area contributed by atoms with Crippen LogP contribution in [0.1, 0.15) is 45.3 Å². The second-order valence-electron chi connectivity index (χ2n) is 7.96. The van der Waals surface area contributed by atoms with Crippen LogP contribution >= 0.6 is 22.9 Å². The van der Waals surface area contributed by atoms with Gasteiger partial charge in [0.25, 0.3) is 11.5 Å². The van der Waals surface area contributed by atoms with Gasteiger partial charge in [-0.1, -0.05) is 48.9 Å². The summed E-state index contributed by atoms with van der Waals surface area (Å²) in [5.41, 5.74) is 1.18. The van der Waals surface area contributed by atoms with Crippen LogP contribution in [0.3, 0.4) is 0 Å². The molecule has 0 fully saturated rings. The van der Waals surface area contributed by atoms with Crippen molar-refractivity contribution in [2.45, 2.75) is 26.9 Å². The Morgan fingerprint density at radius 2 is 1.88 bits per heavy atom. The molecule has 0 bridgehead atoms. The second kappa shape index (κ2) is 10.1. The maximum absolute atomic E-state index is 12.4. The van der Waals surface area contributed by atoms with Crippen molar-refractivity contribution >= 4 is 45.5 Å². The number of hydrogen-bond donors (Lipinski definition) is 1. The summed E-state index contributed by atoms with van der Waals surface area (Å²) >= 11 is 7.40. The van der Waals surface area contributed by atoms with Crippen LogP contribution in [0.5, 0.6) is 0 Å². The van der Waals surface area contributed by atoms with Crippen molar-refractivity contribution < 1.29 is 14.3 Å². The third kappa shape index (κ3) is 5.49. The molecule has 0 radical (unpaired) electrons. The van der Waals surface area contributed by atoms with Gasteiger partial charge in [0.15, 0.2) is 0 Å². The lowest BCUT2D eigenvalue weighted by atomic mass is 10.1. The molecule has 4 rings (SSSR count). The maximum Gasteiger partial charge on any atom is 0.338 e. The van der Waals surface area contributed by atoms with Crippen molar-refractivity contribution in [1.82, 2.24) is 14.6 Å². The van der Waals surface area contributed by atoms with Gasteiger partial charge in [0, 0.05) is 18.2 Å². The highest BCUT2D eigenvalue weighted by Gasteiger charge is 2.14. The molecule has 0 aliphatic heterocycles. The Labute approximate surface area is 204 Å². The average Bonchev–Trinajstić information content (AvgIpc) is 3.20. The molecule has 34 heavy (non-hydrogen) atoms. The fourth-order valence-electron chi connectivity index (χ4n) is 3.16. The number of benzene rings is 2. The molecule has 0 atom stereocenters. The number of anilines is 1. The summed E-state index contributed by atoms with van der Waals surface area (Å²) in [4.78, 5) is 42.0. The fourth-order valence-corrected chi connectivity index (χ4v) is 4.51. The topological polar surface area (TPSA) is 103 Å². The van der Waals surface area contributed by atoms with E-state index in [9.17, 15) is 14.4 Å². The van der Waals surface area contributed by atoms with Gasteiger partial charge in [0.1, 0.15) is 11.6 Å². The number of rotatable bonds is 7. The van der Waals surface area contributed by atoms with Gasteiger partial charge in [-0.3, -0.25) is 9.59 Å². The Bertz CT molecular complexity index is 1410. The van der Waals surface area contributed by atoms with E-state index in [2.05, 4.69) is 29.2 Å². The van der Waals surface area contributed by atoms with Crippen LogP contribution in [-0.4, -0.2) is 26.5 Å². The van der Waals surface area contributed by atoms with E-state index in [4.69, 9.17) is 16.3 Å². The highest BCUT2D eigenvalue weighted by molar-refractivity contribution is 7.16. The van der Waals surface area contributed by atoms with E-state index in [-0.39, 0.29) is 18.1 Å². The monoisotopic (exact) mass is 496 g/mol. The number of carbonyl (C=O) groups is 2. The average molecular weight is 497 g/mol. The van der Waals surface area contributed by atoms with Crippen LogP contribution in [0, 0.1) is 5.92 Å². The van der Waals surface area contributed by atoms with Crippen LogP contribution in [0.4, 0.5) is 5.69 Å². The molecule has 1 amide bonds. The van der Waals surface area contributed by atoms with E-state index in [1.807, 2.05) is 0 Å². The summed E-state index contributed by atoms with van der Waals surface area (Å²) in [6, 6.07) is 14.3. The van der Waals surface area contributed by atoms with Crippen molar-refractivity contribution in [3.05, 3.63) is 91.8 Å². The number of esters is 1. The molecule has 0 saturated heterocycles. The van der Waals surface area contributed by atoms with Crippen LogP contribution in [0.2, 0.25) is 5.02 Å². The lowest BCUT2D eigenvalue weighted by Crippen LogP contribution is -2.17. The number of nitrogens with one attached hydrogen (secondary N) is 1. The Balaban J connectivity index is 1.39. The molecule has 0 aliphatic carbocycles. The van der Waals surface area contributed by atoms with Gasteiger partial charge in [-0.05, 0) is 42.3 Å². The number of amides is 1. The van der Waals surface area contributed by atoms with Crippen molar-refractivity contribution in [1.29, 1.82) is 0 Å². The zero-order chi connectivity index (χ0) is 24.2. The van der Waals surface area contributed by atoms with Crippen molar-refractivity contribution in [2.24, 2.45) is 5.92 Å². The largest absolute Gasteiger partial charge is 0.456 e. The van der Waals surface area contributed by atoms with Crippen LogP contribution in [-0.2, 0) is 17.8 Å². The first kappa shape index (κ1) is 23.6. The number of aromatic nitrogens is 3. The molecular weight excluding hydrogens is 476 g/mol. The molecule has 4 aromatic rings. The van der Waals surface area contributed by atoms with E-state index in [1.54, 1.807) is 36.4 Å². The van der Waals surface area contributed by atoms with E-state index in [0.29, 0.717) is 38.4 Å². The van der Waals surface area contributed by atoms with Gasteiger partial charge in [0.05, 0.1) is 21.8 Å². The maximum atomic E-state index is 12.4. The summed E-state index contributed by atoms with van der Waals surface area (Å²) in [7, 11) is 0. The zero-order valence-corrected chi connectivity index (χ0v) is 20.0. The van der Waals surface area contributed by atoms with Crippen LogP contribution in [0.15, 0.2) is 59.4 Å². The first-order valence-corrected chi connectivity index (χ1v) is 11.7. The van der Waals surface area contributed by atoms with Crippen molar-refractivity contribution in [2.75, 3.05) is 5.32 Å². The van der Waals surface area contributed by atoms with Crippen LogP contribution in [0.25, 0.3) is 4.96 Å². The summed E-state index contributed by atoms with van der Waals surface area (Å²) in [6.45, 7) is 4.01. The highest BCUT2D eigenvalue weighted by Crippen LogP contribution is 2.18. The Morgan fingerprint density at radius 1 is 1.15 bits per heavy atom. The minimum absolute atomic E-state index is 0.146. The Morgan fingerprint density at radius 3 is 2.59 bits per heavy atom. The molecule has 174 valence electrons. The number of ether oxygens (including phenoxy) is 1. The molecule has 8 nitrogen and oxygen atoms in total. The lowest BCUT2D eigenvalue weighted by molar-refractivity contribution is 0.0467. The molecule has 2 aromatic carbocycles. The lowest BCUT2D eigenvalue weighted by Gasteiger charge is -2.08. The minimum Gasteiger partial charge on any atom is -0.456 e. The van der Waals surface area contributed by atoms with Crippen LogP contribution < -0.4 is 10.9 Å². The first-order chi connectivity index (χ1) is 16.3. The number of carbonyl (C=O) groups excluding carboxylic acids is 2. The SMILES string of the molecule is CC(C)Cc1nn2c(=O)cc(COC(=O)c3ccc(NC(=O)c4ccccc4Cl)cc3)nc2s1. The normalized spacial score (nSPS) is 11.1. The Kier molecular flexibility index (Phi) is 7.04. The summed E-state index contributed by atoms with van der Waals surface area (Å²) in [5, 5.41) is 8.21. The van der Waals surface area contributed by atoms with Gasteiger partial charge >= 0.3 is 5.97 Å². The highest BCUT2D eigenvalue weighted by atomic mass is 35.5. The summed E-state index contributed by atoms with van der Waals surface area (Å²) < 4.78 is 6.59. The van der Waals surface area contributed by atoms with Crippen molar-refractivity contribution in [3.8, 4) is 0 Å². The minimum atomic E-state index is -0.573. The molecule has 2 aromatic heterocycles. The van der Waals surface area contributed by atoms with E-state index < -0.39 is 5.97 Å². The summed E-state index contributed by atoms with van der Waals surface area (Å²) in [6.07, 6.45) is 0.757. The quantitative estimate of drug-likeness (QED) is 0.375. The molecule has 0 spiro atoms. The molecule has 1 N–H and O–H groups in total. The number of hydrogen-bond acceptors (Lipinski definition) is 7. The third-order valence-corrected chi connectivity index (χ3v) is 6.03. The predicted molar refractivity (Wildman–Crippen MR) is 131 cm³/mol. The molecule has 2 heterocycles. The smallest absolute Gasteiger partial charge is 0.338 e. The first-order valence-electron chi connectivity index (χ1n) is 10.5. The van der Waals surface area contributed by atoms with Gasteiger partial charge in [-0.2, -0.15) is 9.61 Å². The van der Waals surface area contributed by atoms with E-state index in [0.717, 1.165) is 11.4 Å². The number of halogens is 1. The van der Waals surface area contributed by atoms with E-state index in [1.165, 1.54) is 34.1 Å². The van der Waals surface area contributed by atoms with Crippen molar-refractivity contribution in [3.63, 3.8) is 0 Å². The van der Waals surface area contributed by atoms with Gasteiger partial charge in [-0.15, -0.1) is 0 Å². The standard InChI is InChI=1S/C24H21ClN4O4S/c1-14(2)11-20-28-29-21(30)12-17(27-24(29)34-20)13-33-23(32)15-7-9-16(10-8-15)26-22(31)18-5-3-4-6-19(18)25/h3-10,12,14H,11,13H2,1-2H3,(H,26,31). The predicted octanol–water partition coefficient (Wildman–Crippen LogP) is 4.61. The fraction of sp³-hybridized carbons (Fsp3) is 0.208. The molecule has 0 saturated carbocycles. The number of nitrogens with zero attached hydrogens (tertiary/aromatic N) is 3. The van der Waals surface area contributed by atoms with Gasteiger partial charge < -0.3 is 10.1 Å². The van der Waals surface area contributed by atoms with Gasteiger partial charge in [0.2, 0.25) is 4.96 Å². The summed E-state index contributed by atoms with van der Waals surface area (Å²) in [5.74, 6) is -0.517. The third-order valence-electron chi connectivity index (χ3n) is 4.77. The zero-order valence-electron chi connectivity index (χ0n) is 18.4.